The maximum Gasteiger partial charge on any atom is 0.125 e. The number of rotatable bonds is 2. The summed E-state index contributed by atoms with van der Waals surface area (Å²) in [4.78, 5) is 2.38. The third-order valence-electron chi connectivity index (χ3n) is 4.29. The predicted octanol–water partition coefficient (Wildman–Crippen LogP) is 3.00. The van der Waals surface area contributed by atoms with Gasteiger partial charge in [0.25, 0.3) is 0 Å². The van der Waals surface area contributed by atoms with E-state index in [0.717, 1.165) is 38.3 Å². The Bertz CT molecular complexity index is 444. The van der Waals surface area contributed by atoms with Gasteiger partial charge in [0.05, 0.1) is 0 Å². The van der Waals surface area contributed by atoms with Crippen molar-refractivity contribution in [2.75, 3.05) is 31.1 Å². The molecule has 1 N–H and O–H groups in total. The van der Waals surface area contributed by atoms with Crippen LogP contribution in [0.3, 0.4) is 0 Å². The molecule has 0 aliphatic carbocycles. The first-order valence-electron chi connectivity index (χ1n) is 6.90. The number of nitrogens with zero attached hydrogens (tertiary/aromatic N) is 1. The van der Waals surface area contributed by atoms with Gasteiger partial charge in [0.15, 0.2) is 0 Å². The molecule has 0 aromatic heterocycles. The summed E-state index contributed by atoms with van der Waals surface area (Å²) >= 11 is 0. The SMILES string of the molecule is CC1(CN2CCCc3ccc(F)cc32)CCNC1.Cl. The molecule has 1 atom stereocenters. The molecule has 19 heavy (non-hydrogen) atoms. The molecular weight excluding hydrogens is 263 g/mol. The Morgan fingerprint density at radius 2 is 2.26 bits per heavy atom. The van der Waals surface area contributed by atoms with Gasteiger partial charge in [0, 0.05) is 25.3 Å². The molecule has 2 heterocycles. The van der Waals surface area contributed by atoms with E-state index in [-0.39, 0.29) is 18.2 Å². The van der Waals surface area contributed by atoms with Crippen LogP contribution < -0.4 is 10.2 Å². The Hall–Kier alpha value is -0.800. The molecule has 1 fully saturated rings. The molecule has 1 aromatic rings. The fourth-order valence-electron chi connectivity index (χ4n) is 3.25. The van der Waals surface area contributed by atoms with Crippen molar-refractivity contribution in [1.82, 2.24) is 5.32 Å². The Balaban J connectivity index is 0.00000133. The second-order valence-corrected chi connectivity index (χ2v) is 6.04. The number of anilines is 1. The van der Waals surface area contributed by atoms with Crippen LogP contribution in [0, 0.1) is 11.2 Å². The van der Waals surface area contributed by atoms with Gasteiger partial charge >= 0.3 is 0 Å². The zero-order valence-corrected chi connectivity index (χ0v) is 12.2. The maximum atomic E-state index is 13.4. The van der Waals surface area contributed by atoms with E-state index in [9.17, 15) is 4.39 Å². The predicted molar refractivity (Wildman–Crippen MR) is 79.8 cm³/mol. The van der Waals surface area contributed by atoms with Crippen molar-refractivity contribution in [3.8, 4) is 0 Å². The van der Waals surface area contributed by atoms with Crippen LogP contribution in [0.2, 0.25) is 0 Å². The number of fused-ring (bicyclic) bond motifs is 1. The lowest BCUT2D eigenvalue weighted by Crippen LogP contribution is -2.40. The van der Waals surface area contributed by atoms with E-state index >= 15 is 0 Å². The zero-order valence-electron chi connectivity index (χ0n) is 11.4. The van der Waals surface area contributed by atoms with Crippen LogP contribution in [0.5, 0.6) is 0 Å². The maximum absolute atomic E-state index is 13.4. The fourth-order valence-corrected chi connectivity index (χ4v) is 3.25. The number of benzene rings is 1. The van der Waals surface area contributed by atoms with Gasteiger partial charge in [0.2, 0.25) is 0 Å². The first-order valence-corrected chi connectivity index (χ1v) is 6.90. The monoisotopic (exact) mass is 284 g/mol. The Morgan fingerprint density at radius 1 is 1.42 bits per heavy atom. The summed E-state index contributed by atoms with van der Waals surface area (Å²) in [6.07, 6.45) is 3.48. The molecule has 2 aliphatic heterocycles. The summed E-state index contributed by atoms with van der Waals surface area (Å²) in [7, 11) is 0. The molecule has 4 heteroatoms. The average Bonchev–Trinajstić information content (AvgIpc) is 2.77. The van der Waals surface area contributed by atoms with E-state index in [1.54, 1.807) is 12.1 Å². The van der Waals surface area contributed by atoms with E-state index in [0.29, 0.717) is 5.41 Å². The van der Waals surface area contributed by atoms with E-state index in [2.05, 4.69) is 17.1 Å². The van der Waals surface area contributed by atoms with Crippen molar-refractivity contribution in [3.05, 3.63) is 29.6 Å². The molecular formula is C15H22ClFN2. The summed E-state index contributed by atoms with van der Waals surface area (Å²) < 4.78 is 13.4. The molecule has 3 rings (SSSR count). The Labute approximate surface area is 120 Å². The molecule has 0 spiro atoms. The molecule has 106 valence electrons. The van der Waals surface area contributed by atoms with Gasteiger partial charge in [-0.15, -0.1) is 12.4 Å². The van der Waals surface area contributed by atoms with Gasteiger partial charge in [-0.1, -0.05) is 13.0 Å². The lowest BCUT2D eigenvalue weighted by atomic mass is 9.88. The second-order valence-electron chi connectivity index (χ2n) is 6.04. The van der Waals surface area contributed by atoms with Gasteiger partial charge in [-0.3, -0.25) is 0 Å². The summed E-state index contributed by atoms with van der Waals surface area (Å²) in [5.74, 6) is -0.115. The number of hydrogen-bond donors (Lipinski definition) is 1. The van der Waals surface area contributed by atoms with Gasteiger partial charge in [-0.25, -0.2) is 4.39 Å². The minimum Gasteiger partial charge on any atom is -0.371 e. The van der Waals surface area contributed by atoms with Crippen molar-refractivity contribution in [2.24, 2.45) is 5.41 Å². The normalized spacial score (nSPS) is 25.9. The molecule has 0 radical (unpaired) electrons. The third-order valence-corrected chi connectivity index (χ3v) is 4.29. The molecule has 2 aliphatic rings. The average molecular weight is 285 g/mol. The van der Waals surface area contributed by atoms with Crippen molar-refractivity contribution in [3.63, 3.8) is 0 Å². The van der Waals surface area contributed by atoms with Crippen molar-refractivity contribution >= 4 is 18.1 Å². The van der Waals surface area contributed by atoms with Crippen LogP contribution in [-0.2, 0) is 6.42 Å². The summed E-state index contributed by atoms with van der Waals surface area (Å²) in [5.41, 5.74) is 2.76. The van der Waals surface area contributed by atoms with Crippen LogP contribution in [0.4, 0.5) is 10.1 Å². The first kappa shape index (κ1) is 14.6. The standard InChI is InChI=1S/C15H21FN2.ClH/c1-15(6-7-17-10-15)11-18-8-2-3-12-4-5-13(16)9-14(12)18;/h4-5,9,17H,2-3,6-8,10-11H2,1H3;1H. The molecule has 0 bridgehead atoms. The molecule has 2 nitrogen and oxygen atoms in total. The highest BCUT2D eigenvalue weighted by Gasteiger charge is 2.32. The Morgan fingerprint density at radius 3 is 3.00 bits per heavy atom. The smallest absolute Gasteiger partial charge is 0.125 e. The summed E-state index contributed by atoms with van der Waals surface area (Å²) in [6.45, 7) is 6.62. The second kappa shape index (κ2) is 5.68. The van der Waals surface area contributed by atoms with Crippen LogP contribution in [0.25, 0.3) is 0 Å². The minimum absolute atomic E-state index is 0. The van der Waals surface area contributed by atoms with Crippen molar-refractivity contribution < 1.29 is 4.39 Å². The molecule has 1 unspecified atom stereocenters. The quantitative estimate of drug-likeness (QED) is 0.898. The molecule has 0 amide bonds. The van der Waals surface area contributed by atoms with Crippen LogP contribution >= 0.6 is 12.4 Å². The number of halogens is 2. The van der Waals surface area contributed by atoms with Crippen LogP contribution in [0.1, 0.15) is 25.3 Å². The van der Waals surface area contributed by atoms with E-state index in [1.165, 1.54) is 18.4 Å². The minimum atomic E-state index is -0.115. The molecule has 1 aromatic carbocycles. The lowest BCUT2D eigenvalue weighted by molar-refractivity contribution is 0.361. The topological polar surface area (TPSA) is 15.3 Å². The van der Waals surface area contributed by atoms with E-state index in [4.69, 9.17) is 0 Å². The van der Waals surface area contributed by atoms with Crippen molar-refractivity contribution in [2.45, 2.75) is 26.2 Å². The third kappa shape index (κ3) is 3.03. The zero-order chi connectivity index (χ0) is 12.6. The van der Waals surface area contributed by atoms with Crippen LogP contribution in [0.15, 0.2) is 18.2 Å². The number of hydrogen-bond acceptors (Lipinski definition) is 2. The first-order chi connectivity index (χ1) is 8.66. The highest BCUT2D eigenvalue weighted by Crippen LogP contribution is 2.33. The van der Waals surface area contributed by atoms with Gasteiger partial charge < -0.3 is 10.2 Å². The summed E-state index contributed by atoms with van der Waals surface area (Å²) in [6, 6.07) is 5.24. The van der Waals surface area contributed by atoms with Gasteiger partial charge in [-0.05, 0) is 48.9 Å². The van der Waals surface area contributed by atoms with E-state index in [1.807, 2.05) is 6.07 Å². The summed E-state index contributed by atoms with van der Waals surface area (Å²) in [5, 5.41) is 3.44. The highest BCUT2D eigenvalue weighted by molar-refractivity contribution is 5.85. The number of aryl methyl sites for hydroxylation is 1. The lowest BCUT2D eigenvalue weighted by Gasteiger charge is -2.37. The Kier molecular flexibility index (Phi) is 4.36. The number of nitrogens with one attached hydrogen (secondary N) is 1. The highest BCUT2D eigenvalue weighted by atomic mass is 35.5. The van der Waals surface area contributed by atoms with E-state index < -0.39 is 0 Å². The fraction of sp³-hybridized carbons (Fsp3) is 0.600. The van der Waals surface area contributed by atoms with Gasteiger partial charge in [-0.2, -0.15) is 0 Å². The van der Waals surface area contributed by atoms with Crippen molar-refractivity contribution in [1.29, 1.82) is 0 Å². The van der Waals surface area contributed by atoms with Gasteiger partial charge in [0.1, 0.15) is 5.82 Å². The molecule has 1 saturated heterocycles. The largest absolute Gasteiger partial charge is 0.371 e. The molecule has 0 saturated carbocycles. The van der Waals surface area contributed by atoms with Crippen LogP contribution in [-0.4, -0.2) is 26.2 Å².